The Hall–Kier alpha value is -2.86. The van der Waals surface area contributed by atoms with Crippen molar-refractivity contribution in [2.45, 2.75) is 26.7 Å². The summed E-state index contributed by atoms with van der Waals surface area (Å²) < 4.78 is 6.77. The Morgan fingerprint density at radius 2 is 1.89 bits per heavy atom. The predicted octanol–water partition coefficient (Wildman–Crippen LogP) is 4.61. The number of carbonyl (C=O) groups is 1. The molecule has 27 heavy (non-hydrogen) atoms. The van der Waals surface area contributed by atoms with E-state index in [1.54, 1.807) is 22.9 Å². The molecule has 6 nitrogen and oxygen atoms in total. The fourth-order valence-corrected chi connectivity index (χ4v) is 2.98. The quantitative estimate of drug-likeness (QED) is 0.697. The molecule has 7 heteroatoms. The number of rotatable bonds is 5. The first kappa shape index (κ1) is 18.9. The van der Waals surface area contributed by atoms with Gasteiger partial charge in [-0.2, -0.15) is 0 Å². The summed E-state index contributed by atoms with van der Waals surface area (Å²) in [5, 5.41) is 11.4. The Morgan fingerprint density at radius 1 is 1.19 bits per heavy atom. The molecule has 0 saturated carbocycles. The van der Waals surface area contributed by atoms with Crippen molar-refractivity contribution in [2.75, 3.05) is 12.4 Å². The number of anilines is 1. The van der Waals surface area contributed by atoms with E-state index < -0.39 is 0 Å². The zero-order valence-electron chi connectivity index (χ0n) is 15.7. The van der Waals surface area contributed by atoms with E-state index in [9.17, 15) is 4.79 Å². The van der Waals surface area contributed by atoms with Crippen LogP contribution in [0.5, 0.6) is 5.75 Å². The molecule has 0 aliphatic carbocycles. The number of amides is 1. The average molecular weight is 385 g/mol. The molecule has 1 aromatic heterocycles. The van der Waals surface area contributed by atoms with Crippen molar-refractivity contribution in [3.8, 4) is 11.4 Å². The zero-order chi connectivity index (χ0) is 19.6. The van der Waals surface area contributed by atoms with Crippen LogP contribution >= 0.6 is 11.6 Å². The lowest BCUT2D eigenvalue weighted by atomic mass is 10.0. The molecule has 0 spiro atoms. The standard InChI is InChI=1S/C20H21ClN4O2/c1-12(2)14-5-8-16(9-6-14)25-13(3)19(23-24-25)20(26)22-15-7-10-18(27-4)17(21)11-15/h5-12H,1-4H3,(H,22,26). The molecule has 3 aromatic rings. The number of methoxy groups -OCH3 is 1. The largest absolute Gasteiger partial charge is 0.495 e. The van der Waals surface area contributed by atoms with Gasteiger partial charge in [-0.1, -0.05) is 42.8 Å². The summed E-state index contributed by atoms with van der Waals surface area (Å²) in [5.41, 5.74) is 3.57. The minimum atomic E-state index is -0.348. The molecule has 1 amide bonds. The number of halogens is 1. The molecule has 0 unspecified atom stereocenters. The summed E-state index contributed by atoms with van der Waals surface area (Å²) >= 11 is 6.10. The van der Waals surface area contributed by atoms with Crippen molar-refractivity contribution in [1.29, 1.82) is 0 Å². The highest BCUT2D eigenvalue weighted by Gasteiger charge is 2.18. The summed E-state index contributed by atoms with van der Waals surface area (Å²) in [6.45, 7) is 6.10. The number of aromatic nitrogens is 3. The maximum Gasteiger partial charge on any atom is 0.278 e. The van der Waals surface area contributed by atoms with E-state index in [0.717, 1.165) is 5.69 Å². The molecular formula is C20H21ClN4O2. The van der Waals surface area contributed by atoms with E-state index in [1.165, 1.54) is 12.7 Å². The number of nitrogens with one attached hydrogen (secondary N) is 1. The fraction of sp³-hybridized carbons (Fsp3) is 0.250. The number of carbonyl (C=O) groups excluding carboxylic acids is 1. The minimum Gasteiger partial charge on any atom is -0.495 e. The minimum absolute atomic E-state index is 0.259. The SMILES string of the molecule is COc1ccc(NC(=O)c2nnn(-c3ccc(C(C)C)cc3)c2C)cc1Cl. The van der Waals surface area contributed by atoms with Crippen LogP contribution in [0.4, 0.5) is 5.69 Å². The lowest BCUT2D eigenvalue weighted by Gasteiger charge is -2.09. The van der Waals surface area contributed by atoms with Crippen LogP contribution in [0.1, 0.15) is 41.5 Å². The Balaban J connectivity index is 1.82. The molecule has 1 heterocycles. The van der Waals surface area contributed by atoms with Gasteiger partial charge in [-0.25, -0.2) is 4.68 Å². The third-order valence-corrected chi connectivity index (χ3v) is 4.62. The summed E-state index contributed by atoms with van der Waals surface area (Å²) in [7, 11) is 1.54. The van der Waals surface area contributed by atoms with E-state index >= 15 is 0 Å². The molecule has 1 N–H and O–H groups in total. The predicted molar refractivity (Wildman–Crippen MR) is 106 cm³/mol. The first-order valence-corrected chi connectivity index (χ1v) is 8.96. The van der Waals surface area contributed by atoms with E-state index in [4.69, 9.17) is 16.3 Å². The number of ether oxygens (including phenoxy) is 1. The van der Waals surface area contributed by atoms with Gasteiger partial charge in [0.15, 0.2) is 5.69 Å². The van der Waals surface area contributed by atoms with E-state index in [0.29, 0.717) is 28.1 Å². The number of nitrogens with zero attached hydrogens (tertiary/aromatic N) is 3. The van der Waals surface area contributed by atoms with Crippen LogP contribution in [0.25, 0.3) is 5.69 Å². The first-order valence-electron chi connectivity index (χ1n) is 8.58. The molecule has 0 saturated heterocycles. The molecule has 0 radical (unpaired) electrons. The summed E-state index contributed by atoms with van der Waals surface area (Å²) in [4.78, 5) is 12.6. The van der Waals surface area contributed by atoms with Crippen LogP contribution in [0, 0.1) is 6.92 Å². The Kier molecular flexibility index (Phi) is 5.46. The number of benzene rings is 2. The zero-order valence-corrected chi connectivity index (χ0v) is 16.4. The Bertz CT molecular complexity index is 965. The average Bonchev–Trinajstić information content (AvgIpc) is 3.03. The molecular weight excluding hydrogens is 364 g/mol. The van der Waals surface area contributed by atoms with Crippen molar-refractivity contribution in [3.05, 3.63) is 64.4 Å². The smallest absolute Gasteiger partial charge is 0.278 e. The van der Waals surface area contributed by atoms with Gasteiger partial charge in [0.1, 0.15) is 5.75 Å². The van der Waals surface area contributed by atoms with Gasteiger partial charge < -0.3 is 10.1 Å². The van der Waals surface area contributed by atoms with Gasteiger partial charge in [0.2, 0.25) is 0 Å². The summed E-state index contributed by atoms with van der Waals surface area (Å²) in [5.74, 6) is 0.647. The van der Waals surface area contributed by atoms with Crippen molar-refractivity contribution >= 4 is 23.2 Å². The molecule has 0 bridgehead atoms. The van der Waals surface area contributed by atoms with Crippen LogP contribution in [-0.2, 0) is 0 Å². The summed E-state index contributed by atoms with van der Waals surface area (Å²) in [6.07, 6.45) is 0. The van der Waals surface area contributed by atoms with Gasteiger partial charge in [0.05, 0.1) is 23.5 Å². The van der Waals surface area contributed by atoms with Crippen molar-refractivity contribution in [2.24, 2.45) is 0 Å². The maximum absolute atomic E-state index is 12.6. The molecule has 140 valence electrons. The molecule has 2 aromatic carbocycles. The summed E-state index contributed by atoms with van der Waals surface area (Å²) in [6, 6.07) is 13.1. The monoisotopic (exact) mass is 384 g/mol. The van der Waals surface area contributed by atoms with E-state index in [-0.39, 0.29) is 11.6 Å². The molecule has 0 atom stereocenters. The fourth-order valence-electron chi connectivity index (χ4n) is 2.72. The van der Waals surface area contributed by atoms with Crippen LogP contribution in [-0.4, -0.2) is 28.0 Å². The van der Waals surface area contributed by atoms with Crippen molar-refractivity contribution in [3.63, 3.8) is 0 Å². The third kappa shape index (κ3) is 3.95. The highest BCUT2D eigenvalue weighted by molar-refractivity contribution is 6.32. The second-order valence-electron chi connectivity index (χ2n) is 6.48. The molecule has 0 fully saturated rings. The highest BCUT2D eigenvalue weighted by atomic mass is 35.5. The van der Waals surface area contributed by atoms with Crippen LogP contribution in [0.2, 0.25) is 5.02 Å². The number of hydrogen-bond donors (Lipinski definition) is 1. The van der Waals surface area contributed by atoms with Crippen LogP contribution in [0.15, 0.2) is 42.5 Å². The number of hydrogen-bond acceptors (Lipinski definition) is 4. The third-order valence-electron chi connectivity index (χ3n) is 4.32. The molecule has 0 aliphatic rings. The van der Waals surface area contributed by atoms with Gasteiger partial charge in [-0.15, -0.1) is 5.10 Å². The second-order valence-corrected chi connectivity index (χ2v) is 6.89. The van der Waals surface area contributed by atoms with Gasteiger partial charge in [-0.3, -0.25) is 4.79 Å². The molecule has 0 aliphatic heterocycles. The highest BCUT2D eigenvalue weighted by Crippen LogP contribution is 2.27. The Morgan fingerprint density at radius 3 is 2.48 bits per heavy atom. The lowest BCUT2D eigenvalue weighted by molar-refractivity contribution is 0.102. The lowest BCUT2D eigenvalue weighted by Crippen LogP contribution is -2.14. The Labute approximate surface area is 163 Å². The topological polar surface area (TPSA) is 69.0 Å². The van der Waals surface area contributed by atoms with Gasteiger partial charge in [0, 0.05) is 5.69 Å². The van der Waals surface area contributed by atoms with E-state index in [1.807, 2.05) is 19.1 Å². The van der Waals surface area contributed by atoms with Crippen molar-refractivity contribution < 1.29 is 9.53 Å². The maximum atomic E-state index is 12.6. The normalized spacial score (nSPS) is 10.9. The van der Waals surface area contributed by atoms with E-state index in [2.05, 4.69) is 41.6 Å². The van der Waals surface area contributed by atoms with Gasteiger partial charge in [-0.05, 0) is 48.7 Å². The van der Waals surface area contributed by atoms with Gasteiger partial charge in [0.25, 0.3) is 5.91 Å². The molecule has 3 rings (SSSR count). The second kappa shape index (κ2) is 7.80. The van der Waals surface area contributed by atoms with Crippen LogP contribution in [0.3, 0.4) is 0 Å². The first-order chi connectivity index (χ1) is 12.9. The van der Waals surface area contributed by atoms with Gasteiger partial charge >= 0.3 is 0 Å². The van der Waals surface area contributed by atoms with Crippen LogP contribution < -0.4 is 10.1 Å². The van der Waals surface area contributed by atoms with Crippen molar-refractivity contribution in [1.82, 2.24) is 15.0 Å².